The topological polar surface area (TPSA) is 66.9 Å². The van der Waals surface area contributed by atoms with E-state index in [1.165, 1.54) is 0 Å². The number of amides is 1. The van der Waals surface area contributed by atoms with Crippen LogP contribution in [0.5, 0.6) is 5.75 Å². The predicted octanol–water partition coefficient (Wildman–Crippen LogP) is 1.56. The fourth-order valence-electron chi connectivity index (χ4n) is 3.71. The fourth-order valence-corrected chi connectivity index (χ4v) is 5.69. The molecule has 2 aliphatic heterocycles. The van der Waals surface area contributed by atoms with Crippen molar-refractivity contribution < 1.29 is 17.9 Å². The van der Waals surface area contributed by atoms with Crippen molar-refractivity contribution in [3.63, 3.8) is 0 Å². The highest BCUT2D eigenvalue weighted by atomic mass is 32.2. The van der Waals surface area contributed by atoms with Gasteiger partial charge in [-0.3, -0.25) is 9.69 Å². The maximum Gasteiger partial charge on any atom is 0.241 e. The van der Waals surface area contributed by atoms with Gasteiger partial charge in [-0.05, 0) is 43.1 Å². The summed E-state index contributed by atoms with van der Waals surface area (Å²) in [4.78, 5) is 16.6. The van der Waals surface area contributed by atoms with Gasteiger partial charge in [0.2, 0.25) is 5.91 Å². The molecule has 2 atom stereocenters. The minimum atomic E-state index is -3.14. The third-order valence-corrected chi connectivity index (χ3v) is 6.74. The maximum atomic E-state index is 12.8. The van der Waals surface area contributed by atoms with Crippen molar-refractivity contribution in [1.82, 2.24) is 4.90 Å². The molecule has 25 heavy (non-hydrogen) atoms. The van der Waals surface area contributed by atoms with Crippen LogP contribution in [0, 0.1) is 5.92 Å². The molecule has 2 fully saturated rings. The largest absolute Gasteiger partial charge is 0.497 e. The van der Waals surface area contributed by atoms with Crippen molar-refractivity contribution in [2.45, 2.75) is 32.4 Å². The van der Waals surface area contributed by atoms with E-state index in [2.05, 4.69) is 18.7 Å². The average Bonchev–Trinajstić information content (AvgIpc) is 2.88. The van der Waals surface area contributed by atoms with Crippen LogP contribution in [-0.2, 0) is 14.6 Å². The van der Waals surface area contributed by atoms with Gasteiger partial charge in [-0.25, -0.2) is 8.42 Å². The first-order valence-corrected chi connectivity index (χ1v) is 10.5. The molecule has 0 unspecified atom stereocenters. The second kappa shape index (κ2) is 6.96. The van der Waals surface area contributed by atoms with E-state index >= 15 is 0 Å². The lowest BCUT2D eigenvalue weighted by Gasteiger charge is -2.43. The number of methoxy groups -OCH3 is 1. The number of nitrogens with zero attached hydrogens (tertiary/aromatic N) is 2. The summed E-state index contributed by atoms with van der Waals surface area (Å²) in [6, 6.07) is 6.80. The highest BCUT2D eigenvalue weighted by Gasteiger charge is 2.49. The number of hydrogen-bond donors (Lipinski definition) is 0. The van der Waals surface area contributed by atoms with E-state index in [9.17, 15) is 13.2 Å². The van der Waals surface area contributed by atoms with Gasteiger partial charge in [-0.1, -0.05) is 13.8 Å². The maximum absolute atomic E-state index is 12.8. The van der Waals surface area contributed by atoms with Crippen LogP contribution in [0.15, 0.2) is 24.3 Å². The lowest BCUT2D eigenvalue weighted by molar-refractivity contribution is -0.123. The Labute approximate surface area is 149 Å². The Morgan fingerprint density at radius 3 is 2.40 bits per heavy atom. The van der Waals surface area contributed by atoms with Crippen molar-refractivity contribution in [3.8, 4) is 5.75 Å². The van der Waals surface area contributed by atoms with E-state index in [-0.39, 0.29) is 36.0 Å². The number of benzene rings is 1. The summed E-state index contributed by atoms with van der Waals surface area (Å²) >= 11 is 0. The Morgan fingerprint density at radius 2 is 1.80 bits per heavy atom. The molecule has 0 aliphatic carbocycles. The first-order chi connectivity index (χ1) is 11.8. The minimum absolute atomic E-state index is 0.0349. The van der Waals surface area contributed by atoms with Gasteiger partial charge < -0.3 is 9.64 Å². The average molecular weight is 366 g/mol. The van der Waals surface area contributed by atoms with Gasteiger partial charge in [0.25, 0.3) is 0 Å². The molecule has 0 radical (unpaired) electrons. The van der Waals surface area contributed by atoms with E-state index in [0.717, 1.165) is 18.7 Å². The van der Waals surface area contributed by atoms with E-state index in [1.807, 2.05) is 12.1 Å². The molecule has 2 heterocycles. The van der Waals surface area contributed by atoms with Crippen LogP contribution in [0.4, 0.5) is 5.69 Å². The molecule has 1 aromatic carbocycles. The molecule has 0 saturated carbocycles. The minimum Gasteiger partial charge on any atom is -0.497 e. The van der Waals surface area contributed by atoms with Crippen molar-refractivity contribution in [3.05, 3.63) is 24.3 Å². The quantitative estimate of drug-likeness (QED) is 0.791. The number of carbonyl (C=O) groups is 1. The Balaban J connectivity index is 1.89. The van der Waals surface area contributed by atoms with E-state index in [4.69, 9.17) is 4.74 Å². The Bertz CT molecular complexity index is 730. The number of rotatable bonds is 5. The molecule has 7 heteroatoms. The first kappa shape index (κ1) is 18.2. The zero-order chi connectivity index (χ0) is 18.2. The molecule has 0 N–H and O–H groups in total. The monoisotopic (exact) mass is 366 g/mol. The normalized spacial score (nSPS) is 26.1. The van der Waals surface area contributed by atoms with E-state index in [0.29, 0.717) is 11.7 Å². The third kappa shape index (κ3) is 3.82. The number of anilines is 1. The molecule has 2 saturated heterocycles. The molecule has 0 aromatic heterocycles. The molecule has 1 aromatic rings. The molecular formula is C18H26N2O4S. The summed E-state index contributed by atoms with van der Waals surface area (Å²) in [7, 11) is -1.55. The summed E-state index contributed by atoms with van der Waals surface area (Å²) in [6.07, 6.45) is 0.957. The number of hydrogen-bond acceptors (Lipinski definition) is 5. The molecule has 138 valence electrons. The van der Waals surface area contributed by atoms with Crippen molar-refractivity contribution in [2.75, 3.05) is 36.6 Å². The van der Waals surface area contributed by atoms with Crippen LogP contribution in [0.1, 0.15) is 20.3 Å². The number of piperazine rings is 1. The zero-order valence-corrected chi connectivity index (χ0v) is 15.8. The molecule has 0 spiro atoms. The molecule has 1 amide bonds. The van der Waals surface area contributed by atoms with Gasteiger partial charge >= 0.3 is 0 Å². The summed E-state index contributed by atoms with van der Waals surface area (Å²) in [6.45, 7) is 5.31. The fraction of sp³-hybridized carbons (Fsp3) is 0.611. The van der Waals surface area contributed by atoms with E-state index < -0.39 is 9.84 Å². The summed E-state index contributed by atoms with van der Waals surface area (Å²) in [5, 5.41) is 0. The van der Waals surface area contributed by atoms with Crippen LogP contribution in [0.3, 0.4) is 0 Å². The molecule has 0 bridgehead atoms. The number of ether oxygens (including phenoxy) is 1. The number of fused-ring (bicyclic) bond motifs is 1. The van der Waals surface area contributed by atoms with Crippen LogP contribution in [-0.4, -0.2) is 63.0 Å². The lowest BCUT2D eigenvalue weighted by Crippen LogP contribution is -2.62. The Hall–Kier alpha value is -1.60. The van der Waals surface area contributed by atoms with Crippen LogP contribution in [0.2, 0.25) is 0 Å². The van der Waals surface area contributed by atoms with Crippen LogP contribution < -0.4 is 9.64 Å². The molecule has 2 aliphatic rings. The highest BCUT2D eigenvalue weighted by Crippen LogP contribution is 2.32. The smallest absolute Gasteiger partial charge is 0.241 e. The van der Waals surface area contributed by atoms with Crippen molar-refractivity contribution in [2.24, 2.45) is 5.92 Å². The lowest BCUT2D eigenvalue weighted by atomic mass is 10.0. The van der Waals surface area contributed by atoms with Crippen LogP contribution >= 0.6 is 0 Å². The SMILES string of the molecule is COc1ccc(N2C(=O)CN(CCC(C)C)[C@@H]3CS(=O)(=O)C[C@H]32)cc1. The third-order valence-electron chi connectivity index (χ3n) is 5.05. The van der Waals surface area contributed by atoms with Gasteiger partial charge in [0, 0.05) is 11.7 Å². The molecule has 3 rings (SSSR count). The second-order valence-electron chi connectivity index (χ2n) is 7.33. The zero-order valence-electron chi connectivity index (χ0n) is 15.0. The predicted molar refractivity (Wildman–Crippen MR) is 97.7 cm³/mol. The van der Waals surface area contributed by atoms with Gasteiger partial charge in [0.15, 0.2) is 9.84 Å². The van der Waals surface area contributed by atoms with Gasteiger partial charge in [-0.15, -0.1) is 0 Å². The van der Waals surface area contributed by atoms with Gasteiger partial charge in [0.05, 0.1) is 31.2 Å². The first-order valence-electron chi connectivity index (χ1n) is 8.71. The second-order valence-corrected chi connectivity index (χ2v) is 9.48. The summed E-state index contributed by atoms with van der Waals surface area (Å²) in [5.74, 6) is 1.37. The molecular weight excluding hydrogens is 340 g/mol. The Kier molecular flexibility index (Phi) is 5.06. The number of sulfone groups is 1. The van der Waals surface area contributed by atoms with Crippen molar-refractivity contribution in [1.29, 1.82) is 0 Å². The summed E-state index contributed by atoms with van der Waals surface area (Å²) in [5.41, 5.74) is 0.737. The summed E-state index contributed by atoms with van der Waals surface area (Å²) < 4.78 is 29.7. The molecule has 6 nitrogen and oxygen atoms in total. The Morgan fingerprint density at radius 1 is 1.16 bits per heavy atom. The highest BCUT2D eigenvalue weighted by molar-refractivity contribution is 7.91. The standard InChI is InChI=1S/C18H26N2O4S/c1-13(2)8-9-19-10-18(21)20(14-4-6-15(24-3)7-5-14)17-12-25(22,23)11-16(17)19/h4-7,13,16-17H,8-12H2,1-3H3/t16-,17-/m1/s1. The van der Waals surface area contributed by atoms with E-state index in [1.54, 1.807) is 24.1 Å². The van der Waals surface area contributed by atoms with Crippen LogP contribution in [0.25, 0.3) is 0 Å². The van der Waals surface area contributed by atoms with Gasteiger partial charge in [0.1, 0.15) is 5.75 Å². The number of carbonyl (C=O) groups excluding carboxylic acids is 1. The van der Waals surface area contributed by atoms with Gasteiger partial charge in [-0.2, -0.15) is 0 Å². The van der Waals surface area contributed by atoms with Crippen molar-refractivity contribution >= 4 is 21.4 Å².